The van der Waals surface area contributed by atoms with Gasteiger partial charge in [-0.15, -0.1) is 0 Å². The first-order valence-corrected chi connectivity index (χ1v) is 4.73. The molecule has 0 aromatic rings. The quantitative estimate of drug-likeness (QED) is 0.768. The van der Waals surface area contributed by atoms with Crippen molar-refractivity contribution in [3.63, 3.8) is 0 Å². The molecule has 0 radical (unpaired) electrons. The summed E-state index contributed by atoms with van der Waals surface area (Å²) < 4.78 is 0.766. The maximum absolute atomic E-state index is 11.0. The molecule has 1 unspecified atom stereocenters. The molecular formula is C8H15BrN2O. The number of halogens is 1. The molecule has 0 rings (SSSR count). The van der Waals surface area contributed by atoms with Gasteiger partial charge in [-0.05, 0) is 13.3 Å². The second-order valence-electron chi connectivity index (χ2n) is 2.65. The molecule has 0 heterocycles. The third-order valence-corrected chi connectivity index (χ3v) is 1.71. The third kappa shape index (κ3) is 6.22. The van der Waals surface area contributed by atoms with Crippen molar-refractivity contribution < 1.29 is 4.79 Å². The Morgan fingerprint density at radius 3 is 2.67 bits per heavy atom. The van der Waals surface area contributed by atoms with Crippen molar-refractivity contribution in [3.05, 3.63) is 11.1 Å². The molecule has 0 spiro atoms. The van der Waals surface area contributed by atoms with Crippen LogP contribution >= 0.6 is 15.9 Å². The standard InChI is InChI=1S/C8H15BrN2O/c1-4-7(3)11-8(12)10-5-6(2)9/h7H,2,4-5H2,1,3H3,(H2,10,11,12). The highest BCUT2D eigenvalue weighted by atomic mass is 79.9. The lowest BCUT2D eigenvalue weighted by molar-refractivity contribution is 0.238. The van der Waals surface area contributed by atoms with Crippen molar-refractivity contribution in [2.24, 2.45) is 0 Å². The van der Waals surface area contributed by atoms with Crippen LogP contribution in [0.2, 0.25) is 0 Å². The van der Waals surface area contributed by atoms with E-state index in [-0.39, 0.29) is 12.1 Å². The second-order valence-corrected chi connectivity index (χ2v) is 3.78. The van der Waals surface area contributed by atoms with E-state index in [0.717, 1.165) is 10.9 Å². The largest absolute Gasteiger partial charge is 0.336 e. The van der Waals surface area contributed by atoms with Gasteiger partial charge in [0.1, 0.15) is 0 Å². The lowest BCUT2D eigenvalue weighted by Gasteiger charge is -2.11. The monoisotopic (exact) mass is 234 g/mol. The van der Waals surface area contributed by atoms with E-state index in [9.17, 15) is 4.79 Å². The Bertz CT molecular complexity index is 170. The lowest BCUT2D eigenvalue weighted by Crippen LogP contribution is -2.40. The van der Waals surface area contributed by atoms with Crippen molar-refractivity contribution in [2.75, 3.05) is 6.54 Å². The molecule has 0 saturated heterocycles. The zero-order valence-electron chi connectivity index (χ0n) is 7.48. The van der Waals surface area contributed by atoms with Gasteiger partial charge in [-0.1, -0.05) is 29.4 Å². The van der Waals surface area contributed by atoms with Gasteiger partial charge in [-0.3, -0.25) is 0 Å². The van der Waals surface area contributed by atoms with E-state index in [4.69, 9.17) is 0 Å². The first kappa shape index (κ1) is 11.5. The van der Waals surface area contributed by atoms with Gasteiger partial charge in [0, 0.05) is 10.5 Å². The Morgan fingerprint density at radius 2 is 2.25 bits per heavy atom. The first-order chi connectivity index (χ1) is 5.56. The number of amides is 2. The molecule has 4 heteroatoms. The van der Waals surface area contributed by atoms with Gasteiger partial charge in [0.25, 0.3) is 0 Å². The minimum absolute atomic E-state index is 0.148. The van der Waals surface area contributed by atoms with Gasteiger partial charge in [0.05, 0.1) is 6.54 Å². The van der Waals surface area contributed by atoms with E-state index in [2.05, 4.69) is 33.1 Å². The minimum atomic E-state index is -0.148. The lowest BCUT2D eigenvalue weighted by atomic mass is 10.3. The fraction of sp³-hybridized carbons (Fsp3) is 0.625. The van der Waals surface area contributed by atoms with E-state index in [1.54, 1.807) is 0 Å². The zero-order valence-corrected chi connectivity index (χ0v) is 9.07. The molecule has 0 bridgehead atoms. The van der Waals surface area contributed by atoms with Gasteiger partial charge in [-0.2, -0.15) is 0 Å². The van der Waals surface area contributed by atoms with Crippen molar-refractivity contribution in [1.29, 1.82) is 0 Å². The van der Waals surface area contributed by atoms with E-state index in [1.165, 1.54) is 0 Å². The number of urea groups is 1. The summed E-state index contributed by atoms with van der Waals surface area (Å²) in [7, 11) is 0. The summed E-state index contributed by atoms with van der Waals surface area (Å²) >= 11 is 3.15. The van der Waals surface area contributed by atoms with Gasteiger partial charge in [0.2, 0.25) is 0 Å². The number of carbonyl (C=O) groups is 1. The summed E-state index contributed by atoms with van der Waals surface area (Å²) in [6.45, 7) is 8.04. The SMILES string of the molecule is C=C(Br)CNC(=O)NC(C)CC. The molecule has 0 fully saturated rings. The van der Waals surface area contributed by atoms with E-state index in [1.807, 2.05) is 13.8 Å². The van der Waals surface area contributed by atoms with Crippen molar-refractivity contribution >= 4 is 22.0 Å². The Labute approximate surface area is 81.7 Å². The minimum Gasteiger partial charge on any atom is -0.336 e. The smallest absolute Gasteiger partial charge is 0.315 e. The average molecular weight is 235 g/mol. The van der Waals surface area contributed by atoms with Crippen LogP contribution in [0.5, 0.6) is 0 Å². The van der Waals surface area contributed by atoms with Gasteiger partial charge in [0.15, 0.2) is 0 Å². The molecule has 1 atom stereocenters. The number of rotatable bonds is 4. The summed E-state index contributed by atoms with van der Waals surface area (Å²) in [5.74, 6) is 0. The molecule has 0 aliphatic carbocycles. The van der Waals surface area contributed by atoms with Crippen LogP contribution in [0.4, 0.5) is 4.79 Å². The maximum Gasteiger partial charge on any atom is 0.315 e. The Balaban J connectivity index is 3.53. The highest BCUT2D eigenvalue weighted by Crippen LogP contribution is 1.96. The summed E-state index contributed by atoms with van der Waals surface area (Å²) in [4.78, 5) is 11.0. The zero-order chi connectivity index (χ0) is 9.56. The first-order valence-electron chi connectivity index (χ1n) is 3.94. The summed E-state index contributed by atoms with van der Waals surface area (Å²) in [6, 6.07) is 0.0681. The Kier molecular flexibility index (Phi) is 5.80. The third-order valence-electron chi connectivity index (χ3n) is 1.43. The van der Waals surface area contributed by atoms with Crippen LogP contribution in [0, 0.1) is 0 Å². The van der Waals surface area contributed by atoms with Gasteiger partial charge < -0.3 is 10.6 Å². The van der Waals surface area contributed by atoms with Gasteiger partial charge in [-0.25, -0.2) is 4.79 Å². The average Bonchev–Trinajstić information content (AvgIpc) is 2.00. The predicted octanol–water partition coefficient (Wildman–Crippen LogP) is 1.99. The van der Waals surface area contributed by atoms with Crippen LogP contribution in [0.3, 0.4) is 0 Å². The Morgan fingerprint density at radius 1 is 1.67 bits per heavy atom. The van der Waals surface area contributed by atoms with Crippen LogP contribution in [0.15, 0.2) is 11.1 Å². The summed E-state index contributed by atoms with van der Waals surface area (Å²) in [5, 5.41) is 5.42. The number of hydrogen-bond donors (Lipinski definition) is 2. The van der Waals surface area contributed by atoms with Crippen molar-refractivity contribution in [2.45, 2.75) is 26.3 Å². The summed E-state index contributed by atoms with van der Waals surface area (Å²) in [5.41, 5.74) is 0. The Hall–Kier alpha value is -0.510. The molecular weight excluding hydrogens is 220 g/mol. The van der Waals surface area contributed by atoms with Crippen molar-refractivity contribution in [3.8, 4) is 0 Å². The summed E-state index contributed by atoms with van der Waals surface area (Å²) in [6.07, 6.45) is 0.933. The maximum atomic E-state index is 11.0. The molecule has 12 heavy (non-hydrogen) atoms. The molecule has 2 amide bonds. The van der Waals surface area contributed by atoms with E-state index >= 15 is 0 Å². The van der Waals surface area contributed by atoms with E-state index < -0.39 is 0 Å². The van der Waals surface area contributed by atoms with Crippen LogP contribution in [-0.4, -0.2) is 18.6 Å². The normalized spacial score (nSPS) is 11.9. The van der Waals surface area contributed by atoms with Crippen LogP contribution < -0.4 is 10.6 Å². The fourth-order valence-corrected chi connectivity index (χ4v) is 0.693. The predicted molar refractivity (Wildman–Crippen MR) is 54.4 cm³/mol. The van der Waals surface area contributed by atoms with Gasteiger partial charge >= 0.3 is 6.03 Å². The molecule has 70 valence electrons. The second kappa shape index (κ2) is 6.06. The van der Waals surface area contributed by atoms with Crippen LogP contribution in [0.1, 0.15) is 20.3 Å². The van der Waals surface area contributed by atoms with Crippen LogP contribution in [0.25, 0.3) is 0 Å². The van der Waals surface area contributed by atoms with E-state index in [0.29, 0.717) is 6.54 Å². The molecule has 0 aromatic heterocycles. The highest BCUT2D eigenvalue weighted by molar-refractivity contribution is 9.11. The van der Waals surface area contributed by atoms with Crippen molar-refractivity contribution in [1.82, 2.24) is 10.6 Å². The molecule has 0 saturated carbocycles. The molecule has 3 nitrogen and oxygen atoms in total. The molecule has 0 aliphatic rings. The fourth-order valence-electron chi connectivity index (χ4n) is 0.553. The number of hydrogen-bond acceptors (Lipinski definition) is 1. The molecule has 2 N–H and O–H groups in total. The topological polar surface area (TPSA) is 41.1 Å². The highest BCUT2D eigenvalue weighted by Gasteiger charge is 2.03. The molecule has 0 aromatic carbocycles. The number of nitrogens with one attached hydrogen (secondary N) is 2. The number of carbonyl (C=O) groups excluding carboxylic acids is 1. The van der Waals surface area contributed by atoms with Crippen LogP contribution in [-0.2, 0) is 0 Å². The molecule has 0 aliphatic heterocycles.